The lowest BCUT2D eigenvalue weighted by Gasteiger charge is -2.24. The first kappa shape index (κ1) is 14.8. The molecule has 2 rings (SSSR count). The Bertz CT molecular complexity index is 711. The fraction of sp³-hybridized carbons (Fsp3) is 0.0714. The highest BCUT2D eigenvalue weighted by atomic mass is 32.3. The summed E-state index contributed by atoms with van der Waals surface area (Å²) in [5.41, 5.74) is 0.253. The van der Waals surface area contributed by atoms with Gasteiger partial charge >= 0.3 is 0 Å². The molecular weight excluding hydrogens is 296 g/mol. The number of ketones is 1. The van der Waals surface area contributed by atoms with Crippen LogP contribution in [0, 0.1) is 0 Å². The molecule has 0 aliphatic heterocycles. The molecule has 104 valence electrons. The molecule has 0 spiro atoms. The van der Waals surface area contributed by atoms with Crippen LogP contribution >= 0.6 is 12.6 Å². The maximum atomic E-state index is 12.5. The fourth-order valence-corrected chi connectivity index (χ4v) is 2.91. The Morgan fingerprint density at radius 2 is 1.40 bits per heavy atom. The van der Waals surface area contributed by atoms with Crippen molar-refractivity contribution in [3.05, 3.63) is 71.8 Å². The maximum Gasteiger partial charge on any atom is 0.292 e. The molecule has 6 heteroatoms. The fourth-order valence-electron chi connectivity index (χ4n) is 1.85. The zero-order chi connectivity index (χ0) is 14.8. The minimum Gasteiger partial charge on any atom is -0.291 e. The predicted molar refractivity (Wildman–Crippen MR) is 79.4 cm³/mol. The lowest BCUT2D eigenvalue weighted by Crippen LogP contribution is -2.38. The van der Waals surface area contributed by atoms with Gasteiger partial charge < -0.3 is 0 Å². The lowest BCUT2D eigenvalue weighted by molar-refractivity contribution is 0.0972. The number of hydrogen-bond donors (Lipinski definition) is 2. The van der Waals surface area contributed by atoms with Crippen molar-refractivity contribution in [2.75, 3.05) is 0 Å². The molecule has 0 amide bonds. The van der Waals surface area contributed by atoms with Crippen molar-refractivity contribution in [1.29, 1.82) is 0 Å². The van der Waals surface area contributed by atoms with E-state index in [9.17, 15) is 17.8 Å². The number of carbonyl (C=O) groups excluding carboxylic acids is 1. The highest BCUT2D eigenvalue weighted by Crippen LogP contribution is 2.37. The van der Waals surface area contributed by atoms with Crippen LogP contribution in [0.15, 0.2) is 60.7 Å². The number of rotatable bonds is 4. The molecule has 0 saturated carbocycles. The van der Waals surface area contributed by atoms with Crippen LogP contribution in [0.25, 0.3) is 0 Å². The van der Waals surface area contributed by atoms with Crippen molar-refractivity contribution in [3.63, 3.8) is 0 Å². The van der Waals surface area contributed by atoms with Crippen LogP contribution in [0.4, 0.5) is 0 Å². The molecule has 0 aliphatic carbocycles. The summed E-state index contributed by atoms with van der Waals surface area (Å²) in [4.78, 5) is 12.5. The first-order valence-electron chi connectivity index (χ1n) is 5.72. The highest BCUT2D eigenvalue weighted by Gasteiger charge is 2.48. The smallest absolute Gasteiger partial charge is 0.291 e. The molecule has 20 heavy (non-hydrogen) atoms. The number of thiol groups is 1. The third-order valence-electron chi connectivity index (χ3n) is 2.88. The van der Waals surface area contributed by atoms with Crippen molar-refractivity contribution >= 4 is 28.5 Å². The summed E-state index contributed by atoms with van der Waals surface area (Å²) < 4.78 is 30.6. The highest BCUT2D eigenvalue weighted by molar-refractivity contribution is 8.03. The minimum atomic E-state index is -4.75. The van der Waals surface area contributed by atoms with Crippen LogP contribution in [-0.2, 0) is 14.2 Å². The van der Waals surface area contributed by atoms with E-state index < -0.39 is 20.0 Å². The zero-order valence-corrected chi connectivity index (χ0v) is 12.0. The normalized spacial score (nSPS) is 14.5. The summed E-state index contributed by atoms with van der Waals surface area (Å²) in [7, 11) is -4.75. The van der Waals surface area contributed by atoms with Crippen molar-refractivity contribution in [2.24, 2.45) is 0 Å². The third-order valence-corrected chi connectivity index (χ3v) is 5.20. The Hall–Kier alpha value is -1.63. The van der Waals surface area contributed by atoms with Crippen LogP contribution in [0.5, 0.6) is 0 Å². The van der Waals surface area contributed by atoms with Gasteiger partial charge in [-0.15, -0.1) is 12.6 Å². The first-order chi connectivity index (χ1) is 9.37. The molecule has 0 radical (unpaired) electrons. The van der Waals surface area contributed by atoms with Crippen LogP contribution in [-0.4, -0.2) is 18.8 Å². The van der Waals surface area contributed by atoms with Gasteiger partial charge in [0.25, 0.3) is 10.1 Å². The average molecular weight is 308 g/mol. The second-order valence-electron chi connectivity index (χ2n) is 4.18. The van der Waals surface area contributed by atoms with E-state index in [1.165, 1.54) is 24.3 Å². The predicted octanol–water partition coefficient (Wildman–Crippen LogP) is 2.54. The van der Waals surface area contributed by atoms with E-state index >= 15 is 0 Å². The van der Waals surface area contributed by atoms with Crippen LogP contribution < -0.4 is 0 Å². The van der Waals surface area contributed by atoms with Gasteiger partial charge in [-0.25, -0.2) is 0 Å². The lowest BCUT2D eigenvalue weighted by atomic mass is 10.0. The van der Waals surface area contributed by atoms with Gasteiger partial charge in [-0.3, -0.25) is 9.35 Å². The zero-order valence-electron chi connectivity index (χ0n) is 10.3. The van der Waals surface area contributed by atoms with Crippen molar-refractivity contribution in [3.8, 4) is 0 Å². The molecule has 0 aliphatic rings. The summed E-state index contributed by atoms with van der Waals surface area (Å²) in [5, 5.41) is 0. The van der Waals surface area contributed by atoms with Gasteiger partial charge in [-0.1, -0.05) is 60.7 Å². The molecule has 1 unspecified atom stereocenters. The Labute approximate surface area is 122 Å². The second-order valence-corrected chi connectivity index (χ2v) is 6.72. The van der Waals surface area contributed by atoms with Crippen molar-refractivity contribution < 1.29 is 17.8 Å². The molecule has 0 bridgehead atoms. The Kier molecular flexibility index (Phi) is 3.99. The van der Waals surface area contributed by atoms with Gasteiger partial charge in [0.2, 0.25) is 9.86 Å². The van der Waals surface area contributed by atoms with Crippen LogP contribution in [0.3, 0.4) is 0 Å². The number of carbonyl (C=O) groups is 1. The van der Waals surface area contributed by atoms with E-state index in [4.69, 9.17) is 0 Å². The van der Waals surface area contributed by atoms with E-state index in [0.717, 1.165) is 0 Å². The molecule has 4 nitrogen and oxygen atoms in total. The largest absolute Gasteiger partial charge is 0.292 e. The molecule has 0 aromatic heterocycles. The second kappa shape index (κ2) is 5.40. The Balaban J connectivity index is 2.64. The molecule has 0 saturated heterocycles. The Morgan fingerprint density at radius 3 is 1.85 bits per heavy atom. The molecule has 2 aromatic rings. The number of Topliss-reactive ketones (excluding diaryl/α,β-unsaturated/α-hetero) is 1. The SMILES string of the molecule is O=C(c1ccccc1)C(S)(c1ccccc1)S(=O)(=O)O. The van der Waals surface area contributed by atoms with Gasteiger partial charge in [0.05, 0.1) is 0 Å². The quantitative estimate of drug-likeness (QED) is 0.517. The monoisotopic (exact) mass is 308 g/mol. The van der Waals surface area contributed by atoms with Crippen molar-refractivity contribution in [1.82, 2.24) is 0 Å². The molecule has 1 atom stereocenters. The van der Waals surface area contributed by atoms with Gasteiger partial charge in [0.15, 0.2) is 0 Å². The molecule has 0 heterocycles. The topological polar surface area (TPSA) is 71.4 Å². The van der Waals surface area contributed by atoms with Crippen LogP contribution in [0.1, 0.15) is 15.9 Å². The summed E-state index contributed by atoms with van der Waals surface area (Å²) in [5.74, 6) is -0.796. The van der Waals surface area contributed by atoms with E-state index in [2.05, 4.69) is 12.6 Å². The maximum absolute atomic E-state index is 12.5. The van der Waals surface area contributed by atoms with Gasteiger partial charge in [-0.05, 0) is 5.56 Å². The van der Waals surface area contributed by atoms with Crippen molar-refractivity contribution in [2.45, 2.75) is 4.08 Å². The van der Waals surface area contributed by atoms with E-state index in [-0.39, 0.29) is 11.1 Å². The number of benzene rings is 2. The molecule has 0 fully saturated rings. The summed E-state index contributed by atoms with van der Waals surface area (Å²) >= 11 is 4.01. The standard InChI is InChI=1S/C14H12O4S2/c15-13(11-7-3-1-4-8-11)14(19,20(16,17)18)12-9-5-2-6-10-12/h1-10,19H,(H,16,17,18). The van der Waals surface area contributed by atoms with Crippen LogP contribution in [0.2, 0.25) is 0 Å². The summed E-state index contributed by atoms with van der Waals surface area (Å²) in [6.45, 7) is 0. The van der Waals surface area contributed by atoms with E-state index in [0.29, 0.717) is 0 Å². The molecular formula is C14H12O4S2. The van der Waals surface area contributed by atoms with Gasteiger partial charge in [0, 0.05) is 5.56 Å². The molecule has 1 N–H and O–H groups in total. The number of hydrogen-bond acceptors (Lipinski definition) is 4. The van der Waals surface area contributed by atoms with Gasteiger partial charge in [-0.2, -0.15) is 8.42 Å². The summed E-state index contributed by atoms with van der Waals surface area (Å²) in [6.07, 6.45) is 0. The minimum absolute atomic E-state index is 0.0969. The van der Waals surface area contributed by atoms with E-state index in [1.807, 2.05) is 0 Å². The average Bonchev–Trinajstić information content (AvgIpc) is 2.46. The third kappa shape index (κ3) is 2.49. The summed E-state index contributed by atoms with van der Waals surface area (Å²) in [6, 6.07) is 15.5. The van der Waals surface area contributed by atoms with Gasteiger partial charge in [0.1, 0.15) is 0 Å². The van der Waals surface area contributed by atoms with E-state index in [1.54, 1.807) is 36.4 Å². The molecule has 2 aromatic carbocycles. The Morgan fingerprint density at radius 1 is 0.950 bits per heavy atom. The first-order valence-corrected chi connectivity index (χ1v) is 7.61.